The summed E-state index contributed by atoms with van der Waals surface area (Å²) in [5.41, 5.74) is 7.18. The molecule has 0 aromatic heterocycles. The summed E-state index contributed by atoms with van der Waals surface area (Å²) in [5.74, 6) is 0.350. The molecule has 0 saturated heterocycles. The van der Waals surface area contributed by atoms with Crippen LogP contribution < -0.4 is 10.2 Å². The fourth-order valence-corrected chi connectivity index (χ4v) is 3.62. The fourth-order valence-electron chi connectivity index (χ4n) is 2.98. The maximum absolute atomic E-state index is 12.3. The van der Waals surface area contributed by atoms with Gasteiger partial charge in [0.05, 0.1) is 12.6 Å². The lowest BCUT2D eigenvalue weighted by Gasteiger charge is -2.11. The molecule has 4 nitrogen and oxygen atoms in total. The van der Waals surface area contributed by atoms with Crippen LogP contribution in [0, 0.1) is 13.8 Å². The number of halogens is 3. The van der Waals surface area contributed by atoms with Gasteiger partial charge in [-0.1, -0.05) is 64.6 Å². The number of amides is 1. The first kappa shape index (κ1) is 23.1. The molecule has 3 aromatic rings. The molecule has 0 aliphatic heterocycles. The lowest BCUT2D eigenvalue weighted by molar-refractivity contribution is -0.120. The number of benzene rings is 3. The van der Waals surface area contributed by atoms with Crippen LogP contribution in [0.2, 0.25) is 15.1 Å². The first-order chi connectivity index (χ1) is 14.8. The zero-order valence-corrected chi connectivity index (χ0v) is 19.4. The Morgan fingerprint density at radius 3 is 2.42 bits per heavy atom. The normalized spacial score (nSPS) is 11.0. The minimum absolute atomic E-state index is 0.208. The number of ether oxygens (including phenoxy) is 1. The van der Waals surface area contributed by atoms with E-state index >= 15 is 0 Å². The SMILES string of the molecule is Cc1ccc(CC(=O)N/N=C/c2cc(Cl)ccc2OCc2ccc(Cl)cc2Cl)c(C)c1. The largest absolute Gasteiger partial charge is 0.488 e. The van der Waals surface area contributed by atoms with Gasteiger partial charge in [-0.15, -0.1) is 0 Å². The second-order valence-electron chi connectivity index (χ2n) is 7.11. The molecule has 7 heteroatoms. The van der Waals surface area contributed by atoms with Crippen molar-refractivity contribution in [1.82, 2.24) is 5.43 Å². The molecule has 0 atom stereocenters. The number of hydrogen-bond donors (Lipinski definition) is 1. The molecule has 0 heterocycles. The zero-order valence-electron chi connectivity index (χ0n) is 17.1. The monoisotopic (exact) mass is 474 g/mol. The molecular weight excluding hydrogens is 455 g/mol. The molecule has 0 bridgehead atoms. The van der Waals surface area contributed by atoms with Gasteiger partial charge in [0, 0.05) is 26.2 Å². The summed E-state index contributed by atoms with van der Waals surface area (Å²) in [7, 11) is 0. The molecule has 0 aliphatic rings. The Hall–Kier alpha value is -2.53. The molecule has 0 spiro atoms. The molecular formula is C24H21Cl3N2O2. The smallest absolute Gasteiger partial charge is 0.244 e. The van der Waals surface area contributed by atoms with E-state index in [4.69, 9.17) is 39.5 Å². The summed E-state index contributed by atoms with van der Waals surface area (Å²) in [4.78, 5) is 12.3. The van der Waals surface area contributed by atoms with Crippen LogP contribution in [0.1, 0.15) is 27.8 Å². The van der Waals surface area contributed by atoms with Crippen molar-refractivity contribution in [2.24, 2.45) is 5.10 Å². The van der Waals surface area contributed by atoms with Gasteiger partial charge in [0.15, 0.2) is 0 Å². The molecule has 0 unspecified atom stereocenters. The average Bonchev–Trinajstić information content (AvgIpc) is 2.70. The fraction of sp³-hybridized carbons (Fsp3) is 0.167. The maximum Gasteiger partial charge on any atom is 0.244 e. The van der Waals surface area contributed by atoms with E-state index in [0.29, 0.717) is 26.4 Å². The van der Waals surface area contributed by atoms with Gasteiger partial charge in [-0.3, -0.25) is 4.79 Å². The molecule has 3 rings (SSSR count). The lowest BCUT2D eigenvalue weighted by atomic mass is 10.0. The highest BCUT2D eigenvalue weighted by molar-refractivity contribution is 6.35. The number of aryl methyl sites for hydroxylation is 2. The van der Waals surface area contributed by atoms with Crippen molar-refractivity contribution < 1.29 is 9.53 Å². The first-order valence-electron chi connectivity index (χ1n) is 9.56. The van der Waals surface area contributed by atoms with Crippen molar-refractivity contribution in [3.63, 3.8) is 0 Å². The van der Waals surface area contributed by atoms with Crippen molar-refractivity contribution in [1.29, 1.82) is 0 Å². The summed E-state index contributed by atoms with van der Waals surface area (Å²) in [6.07, 6.45) is 1.75. The highest BCUT2D eigenvalue weighted by Gasteiger charge is 2.08. The van der Waals surface area contributed by atoms with Crippen LogP contribution in [0.3, 0.4) is 0 Å². The van der Waals surface area contributed by atoms with Crippen molar-refractivity contribution in [2.75, 3.05) is 0 Å². The first-order valence-corrected chi connectivity index (χ1v) is 10.7. The van der Waals surface area contributed by atoms with Gasteiger partial charge in [0.1, 0.15) is 12.4 Å². The summed E-state index contributed by atoms with van der Waals surface area (Å²) < 4.78 is 5.89. The second kappa shape index (κ2) is 10.7. The van der Waals surface area contributed by atoms with Crippen molar-refractivity contribution >= 4 is 46.9 Å². The minimum Gasteiger partial charge on any atom is -0.488 e. The van der Waals surface area contributed by atoms with Crippen LogP contribution in [0.25, 0.3) is 0 Å². The predicted molar refractivity (Wildman–Crippen MR) is 128 cm³/mol. The van der Waals surface area contributed by atoms with E-state index in [1.54, 1.807) is 30.3 Å². The number of carbonyl (C=O) groups is 1. The predicted octanol–water partition coefficient (Wildman–Crippen LogP) is 6.54. The van der Waals surface area contributed by atoms with E-state index in [1.807, 2.05) is 32.0 Å². The van der Waals surface area contributed by atoms with Gasteiger partial charge in [-0.05, 0) is 55.3 Å². The summed E-state index contributed by atoms with van der Waals surface area (Å²) in [6, 6.07) is 16.4. The third-order valence-corrected chi connectivity index (χ3v) is 5.43. The molecule has 0 saturated carbocycles. The molecule has 1 amide bonds. The van der Waals surface area contributed by atoms with Crippen LogP contribution in [0.4, 0.5) is 0 Å². The molecule has 0 radical (unpaired) electrons. The number of nitrogens with zero attached hydrogens (tertiary/aromatic N) is 1. The summed E-state index contributed by atoms with van der Waals surface area (Å²) in [5, 5.41) is 5.68. The van der Waals surface area contributed by atoms with E-state index in [1.165, 1.54) is 6.21 Å². The highest BCUT2D eigenvalue weighted by atomic mass is 35.5. The van der Waals surface area contributed by atoms with Crippen LogP contribution >= 0.6 is 34.8 Å². The van der Waals surface area contributed by atoms with E-state index < -0.39 is 0 Å². The molecule has 0 aliphatic carbocycles. The van der Waals surface area contributed by atoms with Gasteiger partial charge >= 0.3 is 0 Å². The number of hydrazone groups is 1. The van der Waals surface area contributed by atoms with Crippen molar-refractivity contribution in [2.45, 2.75) is 26.9 Å². The standard InChI is InChI=1S/C24H21Cl3N2O2/c1-15-3-4-17(16(2)9-15)11-24(30)29-28-13-19-10-20(25)7-8-23(19)31-14-18-5-6-21(26)12-22(18)27/h3-10,12-13H,11,14H2,1-2H3,(H,29,30)/b28-13+. The van der Waals surface area contributed by atoms with E-state index in [9.17, 15) is 4.79 Å². The van der Waals surface area contributed by atoms with Crippen LogP contribution in [0.5, 0.6) is 5.75 Å². The number of nitrogens with one attached hydrogen (secondary N) is 1. The van der Waals surface area contributed by atoms with E-state index in [0.717, 1.165) is 22.3 Å². The average molecular weight is 476 g/mol. The van der Waals surface area contributed by atoms with Crippen LogP contribution in [0.15, 0.2) is 59.7 Å². The van der Waals surface area contributed by atoms with Gasteiger partial charge in [-0.25, -0.2) is 5.43 Å². The second-order valence-corrected chi connectivity index (χ2v) is 8.39. The molecule has 0 fully saturated rings. The number of rotatable bonds is 7. The Morgan fingerprint density at radius 1 is 0.968 bits per heavy atom. The number of carbonyl (C=O) groups excluding carboxylic acids is 1. The van der Waals surface area contributed by atoms with Gasteiger partial charge in [-0.2, -0.15) is 5.10 Å². The van der Waals surface area contributed by atoms with Gasteiger partial charge < -0.3 is 4.74 Å². The van der Waals surface area contributed by atoms with Gasteiger partial charge in [0.2, 0.25) is 5.91 Å². The Bertz CT molecular complexity index is 1130. The lowest BCUT2D eigenvalue weighted by Crippen LogP contribution is -2.20. The summed E-state index contributed by atoms with van der Waals surface area (Å²) >= 11 is 18.3. The van der Waals surface area contributed by atoms with Crippen LogP contribution in [-0.4, -0.2) is 12.1 Å². The Labute approximate surface area is 196 Å². The zero-order chi connectivity index (χ0) is 22.4. The number of hydrogen-bond acceptors (Lipinski definition) is 3. The molecule has 1 N–H and O–H groups in total. The van der Waals surface area contributed by atoms with Gasteiger partial charge in [0.25, 0.3) is 0 Å². The van der Waals surface area contributed by atoms with Crippen molar-refractivity contribution in [3.05, 3.63) is 97.5 Å². The Balaban J connectivity index is 1.65. The highest BCUT2D eigenvalue weighted by Crippen LogP contribution is 2.25. The molecule has 160 valence electrons. The third-order valence-electron chi connectivity index (χ3n) is 4.61. The third kappa shape index (κ3) is 6.73. The van der Waals surface area contributed by atoms with E-state index in [-0.39, 0.29) is 18.9 Å². The summed E-state index contributed by atoms with van der Waals surface area (Å²) in [6.45, 7) is 4.26. The van der Waals surface area contributed by atoms with E-state index in [2.05, 4.69) is 16.6 Å². The molecule has 3 aromatic carbocycles. The molecule has 31 heavy (non-hydrogen) atoms. The van der Waals surface area contributed by atoms with Crippen LogP contribution in [-0.2, 0) is 17.8 Å². The maximum atomic E-state index is 12.3. The van der Waals surface area contributed by atoms with Crippen molar-refractivity contribution in [3.8, 4) is 5.75 Å². The minimum atomic E-state index is -0.208. The Morgan fingerprint density at radius 2 is 1.68 bits per heavy atom. The Kier molecular flexibility index (Phi) is 7.97. The topological polar surface area (TPSA) is 50.7 Å². The quantitative estimate of drug-likeness (QED) is 0.312.